The molecular formula is C29H29FN4O2. The number of aliphatic imine (C=N–C) groups is 1. The van der Waals surface area contributed by atoms with Gasteiger partial charge in [-0.25, -0.2) is 4.39 Å². The lowest BCUT2D eigenvalue weighted by molar-refractivity contribution is 0.0976. The first kappa shape index (κ1) is 24.9. The van der Waals surface area contributed by atoms with E-state index in [-0.39, 0.29) is 17.6 Å². The summed E-state index contributed by atoms with van der Waals surface area (Å²) in [5.41, 5.74) is 3.34. The predicted molar refractivity (Wildman–Crippen MR) is 141 cm³/mol. The minimum Gasteiger partial charge on any atom is -0.338 e. The van der Waals surface area contributed by atoms with Gasteiger partial charge in [0.2, 0.25) is 11.8 Å². The Bertz CT molecular complexity index is 1340. The van der Waals surface area contributed by atoms with Crippen LogP contribution in [0.2, 0.25) is 0 Å². The summed E-state index contributed by atoms with van der Waals surface area (Å²) in [4.78, 5) is 18.9. The molecule has 4 aromatic rings. The van der Waals surface area contributed by atoms with Crippen LogP contribution in [-0.4, -0.2) is 30.6 Å². The zero-order valence-electron chi connectivity index (χ0n) is 20.6. The van der Waals surface area contributed by atoms with Crippen LogP contribution in [0.25, 0.3) is 11.1 Å². The average Bonchev–Trinajstić information content (AvgIpc) is 3.41. The number of guanidine groups is 1. The number of nitrogens with zero attached hydrogens (tertiary/aromatic N) is 3. The van der Waals surface area contributed by atoms with Gasteiger partial charge in [-0.2, -0.15) is 0 Å². The maximum Gasteiger partial charge on any atom is 0.257 e. The van der Waals surface area contributed by atoms with Crippen molar-refractivity contribution in [3.05, 3.63) is 108 Å². The number of benzene rings is 3. The molecule has 1 unspecified atom stereocenters. The van der Waals surface area contributed by atoms with E-state index in [4.69, 9.17) is 4.52 Å². The second-order valence-corrected chi connectivity index (χ2v) is 8.50. The highest BCUT2D eigenvalue weighted by Crippen LogP contribution is 2.30. The molecule has 0 fully saturated rings. The van der Waals surface area contributed by atoms with Crippen molar-refractivity contribution in [1.29, 1.82) is 0 Å². The number of hydrogen-bond acceptors (Lipinski definition) is 4. The molecule has 0 radical (unpaired) electrons. The van der Waals surface area contributed by atoms with E-state index in [1.807, 2.05) is 56.3 Å². The number of rotatable bonds is 7. The van der Waals surface area contributed by atoms with E-state index in [0.717, 1.165) is 17.5 Å². The van der Waals surface area contributed by atoms with Crippen LogP contribution in [0.4, 0.5) is 10.3 Å². The van der Waals surface area contributed by atoms with Gasteiger partial charge in [-0.3, -0.25) is 20.0 Å². The third-order valence-corrected chi connectivity index (χ3v) is 5.93. The van der Waals surface area contributed by atoms with Gasteiger partial charge in [0.15, 0.2) is 0 Å². The lowest BCUT2D eigenvalue weighted by atomic mass is 9.95. The van der Waals surface area contributed by atoms with Crippen molar-refractivity contribution in [3.8, 4) is 11.1 Å². The van der Waals surface area contributed by atoms with Crippen molar-refractivity contribution >= 4 is 17.8 Å². The van der Waals surface area contributed by atoms with Gasteiger partial charge in [0.25, 0.3) is 5.91 Å². The molecule has 0 bridgehead atoms. The van der Waals surface area contributed by atoms with Crippen molar-refractivity contribution < 1.29 is 13.7 Å². The van der Waals surface area contributed by atoms with Gasteiger partial charge in [-0.1, -0.05) is 79.7 Å². The van der Waals surface area contributed by atoms with Gasteiger partial charge in [0.1, 0.15) is 5.82 Å². The normalized spacial score (nSPS) is 12.3. The van der Waals surface area contributed by atoms with Crippen LogP contribution in [-0.2, 0) is 0 Å². The molecule has 1 atom stereocenters. The van der Waals surface area contributed by atoms with Gasteiger partial charge in [0, 0.05) is 36.7 Å². The van der Waals surface area contributed by atoms with Gasteiger partial charge in [-0.05, 0) is 35.7 Å². The van der Waals surface area contributed by atoms with E-state index in [0.29, 0.717) is 35.2 Å². The van der Waals surface area contributed by atoms with E-state index in [2.05, 4.69) is 15.5 Å². The van der Waals surface area contributed by atoms with Crippen molar-refractivity contribution in [2.45, 2.75) is 26.2 Å². The molecule has 0 saturated heterocycles. The van der Waals surface area contributed by atoms with Crippen LogP contribution in [0, 0.1) is 5.82 Å². The fraction of sp³-hybridized carbons (Fsp3) is 0.207. The molecule has 1 heterocycles. The Kier molecular flexibility index (Phi) is 7.90. The summed E-state index contributed by atoms with van der Waals surface area (Å²) in [5.74, 6) is 0.0225. The number of hydrogen-bond donors (Lipinski definition) is 1. The molecule has 3 aromatic carbocycles. The molecule has 0 aliphatic carbocycles. The van der Waals surface area contributed by atoms with E-state index in [1.165, 1.54) is 0 Å². The van der Waals surface area contributed by atoms with Crippen LogP contribution in [0.15, 0.2) is 94.4 Å². The quantitative estimate of drug-likeness (QED) is 0.248. The van der Waals surface area contributed by atoms with Crippen LogP contribution in [0.1, 0.15) is 47.8 Å². The number of carbonyl (C=O) groups is 1. The largest absolute Gasteiger partial charge is 0.338 e. The lowest BCUT2D eigenvalue weighted by Gasteiger charge is -2.18. The highest BCUT2D eigenvalue weighted by atomic mass is 19.1. The zero-order valence-corrected chi connectivity index (χ0v) is 20.6. The van der Waals surface area contributed by atoms with Gasteiger partial charge in [-0.15, -0.1) is 0 Å². The minimum atomic E-state index is -0.288. The summed E-state index contributed by atoms with van der Waals surface area (Å²) in [6, 6.07) is 25.4. The Morgan fingerprint density at radius 2 is 1.75 bits per heavy atom. The third-order valence-electron chi connectivity index (χ3n) is 5.93. The fourth-order valence-corrected chi connectivity index (χ4v) is 3.78. The van der Waals surface area contributed by atoms with E-state index >= 15 is 0 Å². The molecule has 1 amide bonds. The molecule has 1 aromatic heterocycles. The first-order chi connectivity index (χ1) is 17.5. The summed E-state index contributed by atoms with van der Waals surface area (Å²) in [7, 11) is 1.75. The molecule has 4 rings (SSSR count). The van der Waals surface area contributed by atoms with Crippen LogP contribution in [0.5, 0.6) is 0 Å². The Hall–Kier alpha value is -4.26. The number of nitrogens with one attached hydrogen (secondary N) is 1. The monoisotopic (exact) mass is 484 g/mol. The molecule has 0 aliphatic heterocycles. The smallest absolute Gasteiger partial charge is 0.257 e. The highest BCUT2D eigenvalue weighted by Gasteiger charge is 2.21. The number of anilines is 1. The SMILES string of the molecule is CCCN=C(NC(=O)c1ccccc1)N(C)c1cc(C(C)c2ccc(-c3ccccc3)c(F)c2)no1. The molecule has 1 N–H and O–H groups in total. The van der Waals surface area contributed by atoms with Crippen molar-refractivity contribution in [1.82, 2.24) is 10.5 Å². The maximum atomic E-state index is 14.9. The molecular weight excluding hydrogens is 455 g/mol. The van der Waals surface area contributed by atoms with E-state index in [1.54, 1.807) is 54.4 Å². The zero-order chi connectivity index (χ0) is 25.5. The summed E-state index contributed by atoms with van der Waals surface area (Å²) in [6.45, 7) is 4.50. The maximum absolute atomic E-state index is 14.9. The molecule has 0 aliphatic rings. The van der Waals surface area contributed by atoms with E-state index in [9.17, 15) is 9.18 Å². The molecule has 0 spiro atoms. The molecule has 6 nitrogen and oxygen atoms in total. The predicted octanol–water partition coefficient (Wildman–Crippen LogP) is 6.26. The minimum absolute atomic E-state index is 0.204. The van der Waals surface area contributed by atoms with Crippen LogP contribution in [0.3, 0.4) is 0 Å². The lowest BCUT2D eigenvalue weighted by Crippen LogP contribution is -2.42. The molecule has 36 heavy (non-hydrogen) atoms. The summed E-state index contributed by atoms with van der Waals surface area (Å²) >= 11 is 0. The topological polar surface area (TPSA) is 70.7 Å². The van der Waals surface area contributed by atoms with Crippen molar-refractivity contribution in [2.24, 2.45) is 4.99 Å². The molecule has 7 heteroatoms. The highest BCUT2D eigenvalue weighted by molar-refractivity contribution is 6.10. The number of amides is 1. The van der Waals surface area contributed by atoms with Crippen LogP contribution >= 0.6 is 0 Å². The van der Waals surface area contributed by atoms with Gasteiger partial charge >= 0.3 is 0 Å². The van der Waals surface area contributed by atoms with Gasteiger partial charge < -0.3 is 4.52 Å². The second-order valence-electron chi connectivity index (χ2n) is 8.50. The Labute approximate surface area is 210 Å². The first-order valence-electron chi connectivity index (χ1n) is 11.9. The van der Waals surface area contributed by atoms with E-state index < -0.39 is 0 Å². The summed E-state index contributed by atoms with van der Waals surface area (Å²) < 4.78 is 20.5. The van der Waals surface area contributed by atoms with Crippen LogP contribution < -0.4 is 10.2 Å². The number of carbonyl (C=O) groups excluding carboxylic acids is 1. The fourth-order valence-electron chi connectivity index (χ4n) is 3.78. The third kappa shape index (κ3) is 5.68. The second kappa shape index (κ2) is 11.4. The first-order valence-corrected chi connectivity index (χ1v) is 11.9. The summed E-state index contributed by atoms with van der Waals surface area (Å²) in [5, 5.41) is 7.08. The Morgan fingerprint density at radius 3 is 2.42 bits per heavy atom. The van der Waals surface area contributed by atoms with Gasteiger partial charge in [0.05, 0.1) is 5.69 Å². The standard InChI is InChI=1S/C29H29FN4O2/c1-4-17-31-29(32-28(35)22-13-9-6-10-14-22)34(3)27-19-26(33-36-27)20(2)23-15-16-24(25(30)18-23)21-11-7-5-8-12-21/h5-16,18-20H,4,17H2,1-3H3,(H,31,32,35). The van der Waals surface area contributed by atoms with Crippen molar-refractivity contribution in [3.63, 3.8) is 0 Å². The molecule has 184 valence electrons. The average molecular weight is 485 g/mol. The number of aromatic nitrogens is 1. The summed E-state index contributed by atoms with van der Waals surface area (Å²) in [6.07, 6.45) is 0.821. The number of halogens is 1. The Balaban J connectivity index is 1.53. The van der Waals surface area contributed by atoms with Crippen molar-refractivity contribution in [2.75, 3.05) is 18.5 Å². The Morgan fingerprint density at radius 1 is 1.06 bits per heavy atom. The molecule has 0 saturated carbocycles.